The Balaban J connectivity index is 1.43. The van der Waals surface area contributed by atoms with Crippen LogP contribution in [0.4, 0.5) is 5.69 Å². The fraction of sp³-hybridized carbons (Fsp3) is 0.409. The second-order valence-corrected chi connectivity index (χ2v) is 9.77. The number of hydrogen-bond acceptors (Lipinski definition) is 6. The highest BCUT2D eigenvalue weighted by atomic mass is 32.2. The van der Waals surface area contributed by atoms with Crippen molar-refractivity contribution < 1.29 is 9.72 Å². The van der Waals surface area contributed by atoms with Gasteiger partial charge in [0.2, 0.25) is 0 Å². The van der Waals surface area contributed by atoms with Crippen molar-refractivity contribution in [3.8, 4) is 0 Å². The Hall–Kier alpha value is -2.74. The fourth-order valence-electron chi connectivity index (χ4n) is 4.63. The molecule has 1 saturated heterocycles. The Bertz CT molecular complexity index is 1020. The van der Waals surface area contributed by atoms with Crippen molar-refractivity contribution >= 4 is 40.3 Å². The number of non-ortho nitro benzene ring substituents is 1. The largest absolute Gasteiger partial charge is 0.299 e. The van der Waals surface area contributed by atoms with E-state index in [0.29, 0.717) is 16.0 Å². The van der Waals surface area contributed by atoms with Crippen LogP contribution >= 0.6 is 11.8 Å². The number of allylic oxidation sites excluding steroid dienone is 2. The van der Waals surface area contributed by atoms with Gasteiger partial charge < -0.3 is 0 Å². The molecule has 1 aliphatic heterocycles. The normalized spacial score (nSPS) is 31.4. The molecule has 30 heavy (non-hydrogen) atoms. The first-order chi connectivity index (χ1) is 14.2. The molecule has 0 spiro atoms. The SMILES string of the molecule is CC1(C)[C@@H]2CC[C@@]1(C)/C(=N\N=C1\NC(=O)/C(=C\C=C\c3ccc([N+](=O)[O-])cc3)S1)C2. The second-order valence-electron chi connectivity index (χ2n) is 8.74. The molecule has 0 aromatic heterocycles. The van der Waals surface area contributed by atoms with Crippen molar-refractivity contribution in [2.75, 3.05) is 0 Å². The molecule has 2 aliphatic carbocycles. The summed E-state index contributed by atoms with van der Waals surface area (Å²) >= 11 is 1.27. The minimum Gasteiger partial charge on any atom is -0.299 e. The van der Waals surface area contributed by atoms with Crippen LogP contribution in [0.15, 0.2) is 51.5 Å². The summed E-state index contributed by atoms with van der Waals surface area (Å²) in [5.41, 5.74) is 2.33. The number of nitrogens with zero attached hydrogens (tertiary/aromatic N) is 3. The summed E-state index contributed by atoms with van der Waals surface area (Å²) in [6.45, 7) is 6.93. The third-order valence-electron chi connectivity index (χ3n) is 7.06. The molecule has 1 N–H and O–H groups in total. The highest BCUT2D eigenvalue weighted by Crippen LogP contribution is 2.64. The third kappa shape index (κ3) is 3.49. The van der Waals surface area contributed by atoms with E-state index in [0.717, 1.165) is 24.1 Å². The highest BCUT2D eigenvalue weighted by molar-refractivity contribution is 8.18. The standard InChI is InChI=1S/C22H24N4O3S/c1-21(2)15-11-12-22(21,3)18(13-15)24-25-20-23-19(27)17(30-20)6-4-5-14-7-9-16(10-8-14)26(28)29/h4-10,15H,11-13H2,1-3H3,(H,23,25,27)/b5-4+,17-6+,24-18-/t15-,22+/m1/s1. The molecule has 2 bridgehead atoms. The summed E-state index contributed by atoms with van der Waals surface area (Å²) in [6.07, 6.45) is 8.62. The maximum absolute atomic E-state index is 12.2. The second kappa shape index (κ2) is 7.50. The molecule has 2 atom stereocenters. The molecular weight excluding hydrogens is 400 g/mol. The molecule has 1 heterocycles. The van der Waals surface area contributed by atoms with Crippen LogP contribution in [-0.2, 0) is 4.79 Å². The van der Waals surface area contributed by atoms with Crippen LogP contribution in [0.1, 0.15) is 45.6 Å². The van der Waals surface area contributed by atoms with Gasteiger partial charge in [0.1, 0.15) is 0 Å². The quantitative estimate of drug-likeness (QED) is 0.422. The number of thioether (sulfide) groups is 1. The minimum absolute atomic E-state index is 0.0476. The highest BCUT2D eigenvalue weighted by Gasteiger charge is 2.60. The molecule has 3 aliphatic rings. The van der Waals surface area contributed by atoms with Crippen molar-refractivity contribution in [2.45, 2.75) is 40.0 Å². The number of nitro groups is 1. The van der Waals surface area contributed by atoms with E-state index in [2.05, 4.69) is 36.3 Å². The first-order valence-electron chi connectivity index (χ1n) is 9.98. The van der Waals surface area contributed by atoms with Crippen molar-refractivity contribution in [3.05, 3.63) is 57.0 Å². The van der Waals surface area contributed by atoms with Gasteiger partial charge in [0.25, 0.3) is 11.6 Å². The van der Waals surface area contributed by atoms with Crippen molar-refractivity contribution in [2.24, 2.45) is 27.0 Å². The Morgan fingerprint density at radius 3 is 2.57 bits per heavy atom. The number of rotatable bonds is 4. The van der Waals surface area contributed by atoms with E-state index in [1.165, 1.54) is 30.3 Å². The van der Waals surface area contributed by atoms with Crippen molar-refractivity contribution in [1.82, 2.24) is 5.32 Å². The zero-order valence-corrected chi connectivity index (χ0v) is 18.0. The Morgan fingerprint density at radius 1 is 1.23 bits per heavy atom. The molecule has 0 radical (unpaired) electrons. The van der Waals surface area contributed by atoms with Gasteiger partial charge in [-0.3, -0.25) is 20.2 Å². The fourth-order valence-corrected chi connectivity index (χ4v) is 5.35. The van der Waals surface area contributed by atoms with E-state index in [-0.39, 0.29) is 22.4 Å². The first kappa shape index (κ1) is 20.5. The first-order valence-corrected chi connectivity index (χ1v) is 10.8. The van der Waals surface area contributed by atoms with E-state index in [1.54, 1.807) is 30.4 Å². The van der Waals surface area contributed by atoms with Gasteiger partial charge in [-0.25, -0.2) is 0 Å². The van der Waals surface area contributed by atoms with Crippen molar-refractivity contribution in [1.29, 1.82) is 0 Å². The monoisotopic (exact) mass is 424 g/mol. The zero-order valence-electron chi connectivity index (χ0n) is 17.2. The number of fused-ring (bicyclic) bond motifs is 2. The number of nitro benzene ring substituents is 1. The molecule has 8 heteroatoms. The molecule has 0 unspecified atom stereocenters. The number of carbonyl (C=O) groups is 1. The third-order valence-corrected chi connectivity index (χ3v) is 7.98. The lowest BCUT2D eigenvalue weighted by molar-refractivity contribution is -0.384. The Kier molecular flexibility index (Phi) is 5.13. The summed E-state index contributed by atoms with van der Waals surface area (Å²) in [4.78, 5) is 23.0. The number of amidine groups is 1. The van der Waals surface area contributed by atoms with Crippen molar-refractivity contribution in [3.63, 3.8) is 0 Å². The number of hydrogen-bond donors (Lipinski definition) is 1. The average Bonchev–Trinajstić information content (AvgIpc) is 3.23. The van der Waals surface area contributed by atoms with E-state index < -0.39 is 4.92 Å². The molecule has 1 aromatic rings. The lowest BCUT2D eigenvalue weighted by Crippen LogP contribution is -2.32. The maximum atomic E-state index is 12.2. The number of nitrogens with one attached hydrogen (secondary N) is 1. The van der Waals surface area contributed by atoms with Gasteiger partial charge in [-0.05, 0) is 66.1 Å². The van der Waals surface area contributed by atoms with Gasteiger partial charge in [-0.2, -0.15) is 5.10 Å². The Labute approximate surface area is 179 Å². The van der Waals surface area contributed by atoms with Gasteiger partial charge in [-0.1, -0.05) is 32.9 Å². The zero-order chi connectivity index (χ0) is 21.5. The van der Waals surface area contributed by atoms with Gasteiger partial charge in [-0.15, -0.1) is 5.10 Å². The molecule has 1 amide bonds. The van der Waals surface area contributed by atoms with Gasteiger partial charge >= 0.3 is 0 Å². The van der Waals surface area contributed by atoms with E-state index in [4.69, 9.17) is 0 Å². The molecule has 1 aromatic carbocycles. The van der Waals surface area contributed by atoms with E-state index in [9.17, 15) is 14.9 Å². The van der Waals surface area contributed by atoms with Crippen LogP contribution in [0, 0.1) is 26.9 Å². The molecule has 156 valence electrons. The summed E-state index contributed by atoms with van der Waals surface area (Å²) in [6, 6.07) is 6.22. The molecule has 2 saturated carbocycles. The van der Waals surface area contributed by atoms with E-state index >= 15 is 0 Å². The number of amides is 1. The van der Waals surface area contributed by atoms with Crippen LogP contribution in [0.5, 0.6) is 0 Å². The van der Waals surface area contributed by atoms with Crippen LogP contribution in [0.25, 0.3) is 6.08 Å². The summed E-state index contributed by atoms with van der Waals surface area (Å²) in [5.74, 6) is 0.457. The van der Waals surface area contributed by atoms with Crippen LogP contribution in [0.2, 0.25) is 0 Å². The van der Waals surface area contributed by atoms with Crippen LogP contribution < -0.4 is 5.32 Å². The topological polar surface area (TPSA) is 97.0 Å². The number of carbonyl (C=O) groups excluding carboxylic acids is 1. The predicted octanol–water partition coefficient (Wildman–Crippen LogP) is 4.91. The smallest absolute Gasteiger partial charge is 0.269 e. The molecular formula is C22H24N4O3S. The number of benzene rings is 1. The average molecular weight is 425 g/mol. The van der Waals surface area contributed by atoms with Crippen LogP contribution in [-0.4, -0.2) is 21.7 Å². The maximum Gasteiger partial charge on any atom is 0.269 e. The van der Waals surface area contributed by atoms with Crippen LogP contribution in [0.3, 0.4) is 0 Å². The lowest BCUT2D eigenvalue weighted by atomic mass is 9.70. The predicted molar refractivity (Wildman–Crippen MR) is 120 cm³/mol. The summed E-state index contributed by atoms with van der Waals surface area (Å²) in [7, 11) is 0. The minimum atomic E-state index is -0.433. The Morgan fingerprint density at radius 2 is 1.97 bits per heavy atom. The molecule has 4 rings (SSSR count). The van der Waals surface area contributed by atoms with E-state index in [1.807, 2.05) is 0 Å². The van der Waals surface area contributed by atoms with Gasteiger partial charge in [0.05, 0.1) is 9.83 Å². The lowest BCUT2D eigenvalue weighted by Gasteiger charge is -2.34. The van der Waals surface area contributed by atoms with Gasteiger partial charge in [0.15, 0.2) is 5.17 Å². The summed E-state index contributed by atoms with van der Waals surface area (Å²) in [5, 5.41) is 22.8. The molecule has 3 fully saturated rings. The summed E-state index contributed by atoms with van der Waals surface area (Å²) < 4.78 is 0. The van der Waals surface area contributed by atoms with Gasteiger partial charge in [0, 0.05) is 23.3 Å². The molecule has 7 nitrogen and oxygen atoms in total.